The van der Waals surface area contributed by atoms with Crippen LogP contribution in [0.2, 0.25) is 5.15 Å². The number of halogens is 1. The molecule has 1 N–H and O–H groups in total. The van der Waals surface area contributed by atoms with Gasteiger partial charge in [0, 0.05) is 6.54 Å². The van der Waals surface area contributed by atoms with Gasteiger partial charge < -0.3 is 5.32 Å². The van der Waals surface area contributed by atoms with Gasteiger partial charge in [-0.1, -0.05) is 17.7 Å². The topological polar surface area (TPSA) is 28.2 Å². The molecule has 0 spiro atoms. The van der Waals surface area contributed by atoms with Crippen LogP contribution in [0.15, 0.2) is 18.2 Å². The minimum atomic E-state index is 0.594. The zero-order chi connectivity index (χ0) is 12.8. The van der Waals surface area contributed by atoms with Gasteiger partial charge in [-0.15, -0.1) is 0 Å². The Kier molecular flexibility index (Phi) is 5.42. The Hall–Kier alpha value is -0.640. The molecule has 1 aliphatic heterocycles. The molecule has 0 radical (unpaired) electrons. The highest BCUT2D eigenvalue weighted by atomic mass is 35.5. The van der Waals surface area contributed by atoms with E-state index in [-0.39, 0.29) is 0 Å². The van der Waals surface area contributed by atoms with Crippen molar-refractivity contribution in [1.29, 1.82) is 0 Å². The van der Waals surface area contributed by atoms with Gasteiger partial charge in [0.1, 0.15) is 5.15 Å². The summed E-state index contributed by atoms with van der Waals surface area (Å²) in [6.45, 7) is 4.44. The predicted molar refractivity (Wildman–Crippen MR) is 75.8 cm³/mol. The number of hydrogen-bond donors (Lipinski definition) is 1. The molecule has 0 bridgehead atoms. The Morgan fingerprint density at radius 3 is 2.83 bits per heavy atom. The third kappa shape index (κ3) is 4.23. The number of nitrogens with one attached hydrogen (secondary N) is 1. The lowest BCUT2D eigenvalue weighted by Gasteiger charge is -2.31. The fourth-order valence-electron chi connectivity index (χ4n) is 2.55. The summed E-state index contributed by atoms with van der Waals surface area (Å²) in [5.74, 6) is 0.890. The Morgan fingerprint density at radius 1 is 1.39 bits per heavy atom. The minimum Gasteiger partial charge on any atom is -0.320 e. The zero-order valence-electron chi connectivity index (χ0n) is 11.0. The summed E-state index contributed by atoms with van der Waals surface area (Å²) in [7, 11) is 2.03. The molecule has 2 heterocycles. The lowest BCUT2D eigenvalue weighted by molar-refractivity contribution is 0.171. The van der Waals surface area contributed by atoms with Crippen LogP contribution in [-0.2, 0) is 6.54 Å². The fraction of sp³-hybridized carbons (Fsp3) is 0.643. The quantitative estimate of drug-likeness (QED) is 0.831. The van der Waals surface area contributed by atoms with E-state index in [4.69, 9.17) is 11.6 Å². The Labute approximate surface area is 115 Å². The number of pyridine rings is 1. The normalized spacial score (nSPS) is 18.1. The van der Waals surface area contributed by atoms with Gasteiger partial charge in [0.2, 0.25) is 0 Å². The van der Waals surface area contributed by atoms with Gasteiger partial charge in [0.05, 0.1) is 5.69 Å². The smallest absolute Gasteiger partial charge is 0.129 e. The van der Waals surface area contributed by atoms with E-state index in [2.05, 4.69) is 21.3 Å². The van der Waals surface area contributed by atoms with Crippen LogP contribution in [0.1, 0.15) is 25.0 Å². The second-order valence-electron chi connectivity index (χ2n) is 5.06. The number of nitrogens with zero attached hydrogens (tertiary/aromatic N) is 2. The first-order valence-corrected chi connectivity index (χ1v) is 7.14. The number of aromatic nitrogens is 1. The van der Waals surface area contributed by atoms with Crippen LogP contribution in [0.25, 0.3) is 0 Å². The Morgan fingerprint density at radius 2 is 2.17 bits per heavy atom. The van der Waals surface area contributed by atoms with Crippen molar-refractivity contribution in [3.05, 3.63) is 29.0 Å². The molecule has 1 aromatic heterocycles. The van der Waals surface area contributed by atoms with E-state index in [9.17, 15) is 0 Å². The predicted octanol–water partition coefficient (Wildman–Crippen LogP) is 2.56. The summed E-state index contributed by atoms with van der Waals surface area (Å²) < 4.78 is 0. The molecule has 0 aliphatic carbocycles. The zero-order valence-corrected chi connectivity index (χ0v) is 11.8. The average molecular weight is 268 g/mol. The van der Waals surface area contributed by atoms with Gasteiger partial charge in [0.25, 0.3) is 0 Å². The first kappa shape index (κ1) is 13.8. The molecule has 1 aromatic rings. The summed E-state index contributed by atoms with van der Waals surface area (Å²) in [6.07, 6.45) is 3.92. The molecule has 2 rings (SSSR count). The van der Waals surface area contributed by atoms with Gasteiger partial charge in [-0.2, -0.15) is 0 Å². The molecule has 0 unspecified atom stereocenters. The summed E-state index contributed by atoms with van der Waals surface area (Å²) in [5, 5.41) is 3.83. The SMILES string of the molecule is CNCCC1CCN(Cc2cccc(Cl)n2)CC1. The van der Waals surface area contributed by atoms with Gasteiger partial charge in [0.15, 0.2) is 0 Å². The van der Waals surface area contributed by atoms with Gasteiger partial charge in [-0.25, -0.2) is 4.98 Å². The third-order valence-electron chi connectivity index (χ3n) is 3.67. The molecule has 3 nitrogen and oxygen atoms in total. The van der Waals surface area contributed by atoms with E-state index in [0.29, 0.717) is 5.15 Å². The first-order valence-electron chi connectivity index (χ1n) is 6.76. The van der Waals surface area contributed by atoms with Crippen molar-refractivity contribution >= 4 is 11.6 Å². The van der Waals surface area contributed by atoms with Crippen molar-refractivity contribution in [3.8, 4) is 0 Å². The van der Waals surface area contributed by atoms with Crippen molar-refractivity contribution in [2.24, 2.45) is 5.92 Å². The molecule has 1 fully saturated rings. The molecule has 0 atom stereocenters. The molecule has 4 heteroatoms. The molecule has 0 aromatic carbocycles. The van der Waals surface area contributed by atoms with Gasteiger partial charge in [-0.3, -0.25) is 4.90 Å². The highest BCUT2D eigenvalue weighted by molar-refractivity contribution is 6.29. The van der Waals surface area contributed by atoms with E-state index in [1.165, 1.54) is 32.4 Å². The molecule has 0 amide bonds. The molecule has 100 valence electrons. The molecular formula is C14H22ClN3. The highest BCUT2D eigenvalue weighted by Crippen LogP contribution is 2.21. The Bertz CT molecular complexity index is 362. The molecular weight excluding hydrogens is 246 g/mol. The van der Waals surface area contributed by atoms with Crippen LogP contribution in [0.4, 0.5) is 0 Å². The van der Waals surface area contributed by atoms with Crippen molar-refractivity contribution in [2.75, 3.05) is 26.7 Å². The lowest BCUT2D eigenvalue weighted by atomic mass is 9.93. The minimum absolute atomic E-state index is 0.594. The molecule has 18 heavy (non-hydrogen) atoms. The van der Waals surface area contributed by atoms with E-state index in [0.717, 1.165) is 24.7 Å². The lowest BCUT2D eigenvalue weighted by Crippen LogP contribution is -2.34. The van der Waals surface area contributed by atoms with Gasteiger partial charge in [-0.05, 0) is 64.0 Å². The Balaban J connectivity index is 1.76. The summed E-state index contributed by atoms with van der Waals surface area (Å²) in [4.78, 5) is 6.83. The molecule has 1 aliphatic rings. The van der Waals surface area contributed by atoms with Crippen LogP contribution < -0.4 is 5.32 Å². The third-order valence-corrected chi connectivity index (χ3v) is 3.88. The van der Waals surface area contributed by atoms with Crippen LogP contribution in [-0.4, -0.2) is 36.6 Å². The summed E-state index contributed by atoms with van der Waals surface area (Å²) >= 11 is 5.91. The van der Waals surface area contributed by atoms with E-state index in [1.807, 2.05) is 19.2 Å². The van der Waals surface area contributed by atoms with Crippen molar-refractivity contribution < 1.29 is 0 Å². The fourth-order valence-corrected chi connectivity index (χ4v) is 2.73. The number of hydrogen-bond acceptors (Lipinski definition) is 3. The maximum Gasteiger partial charge on any atom is 0.129 e. The van der Waals surface area contributed by atoms with Crippen LogP contribution in [0, 0.1) is 5.92 Å². The number of rotatable bonds is 5. The maximum atomic E-state index is 5.91. The molecule has 0 saturated carbocycles. The van der Waals surface area contributed by atoms with Crippen LogP contribution in [0.3, 0.4) is 0 Å². The number of likely N-dealkylation sites (tertiary alicyclic amines) is 1. The van der Waals surface area contributed by atoms with Crippen molar-refractivity contribution in [3.63, 3.8) is 0 Å². The maximum absolute atomic E-state index is 5.91. The summed E-state index contributed by atoms with van der Waals surface area (Å²) in [6, 6.07) is 5.86. The standard InChI is InChI=1S/C14H22ClN3/c1-16-8-5-12-6-9-18(10-7-12)11-13-3-2-4-14(15)17-13/h2-4,12,16H,5-11H2,1H3. The van der Waals surface area contributed by atoms with E-state index >= 15 is 0 Å². The number of piperidine rings is 1. The van der Waals surface area contributed by atoms with E-state index in [1.54, 1.807) is 0 Å². The van der Waals surface area contributed by atoms with E-state index < -0.39 is 0 Å². The largest absolute Gasteiger partial charge is 0.320 e. The first-order chi connectivity index (χ1) is 8.78. The van der Waals surface area contributed by atoms with Crippen molar-refractivity contribution in [2.45, 2.75) is 25.8 Å². The molecule has 1 saturated heterocycles. The second-order valence-corrected chi connectivity index (χ2v) is 5.45. The summed E-state index contributed by atoms with van der Waals surface area (Å²) in [5.41, 5.74) is 1.08. The van der Waals surface area contributed by atoms with Crippen LogP contribution in [0.5, 0.6) is 0 Å². The van der Waals surface area contributed by atoms with Crippen molar-refractivity contribution in [1.82, 2.24) is 15.2 Å². The monoisotopic (exact) mass is 267 g/mol. The average Bonchev–Trinajstić information content (AvgIpc) is 2.38. The van der Waals surface area contributed by atoms with Crippen LogP contribution >= 0.6 is 11.6 Å². The second kappa shape index (κ2) is 7.07. The highest BCUT2D eigenvalue weighted by Gasteiger charge is 2.18. The van der Waals surface area contributed by atoms with Gasteiger partial charge >= 0.3 is 0 Å².